The monoisotopic (exact) mass is 318 g/mol. The van der Waals surface area contributed by atoms with E-state index in [1.807, 2.05) is 20.8 Å². The van der Waals surface area contributed by atoms with Crippen molar-refractivity contribution in [3.05, 3.63) is 34.2 Å². The first kappa shape index (κ1) is 16.2. The van der Waals surface area contributed by atoms with Gasteiger partial charge in [-0.15, -0.1) is 11.3 Å². The maximum atomic E-state index is 11.7. The zero-order chi connectivity index (χ0) is 16.3. The lowest BCUT2D eigenvalue weighted by molar-refractivity contribution is -0.138. The van der Waals surface area contributed by atoms with Gasteiger partial charge in [-0.1, -0.05) is 17.7 Å². The minimum absolute atomic E-state index is 0.0488. The molecule has 5 nitrogen and oxygen atoms in total. The topological polar surface area (TPSA) is 79.3 Å². The second kappa shape index (κ2) is 6.70. The first-order chi connectivity index (χ1) is 10.4. The standard InChI is InChI=1S/C16H18N2O3S/c1-9-4-5-10(2)12(8-9)15-11(3)22-16(18-15)17-13(19)6-7-14(20)21/h4-5,8H,6-7H2,1-3H3,(H,20,21)(H,17,18,19). The number of nitrogens with zero attached hydrogens (tertiary/aromatic N) is 1. The Morgan fingerprint density at radius 3 is 2.64 bits per heavy atom. The lowest BCUT2D eigenvalue weighted by atomic mass is 10.0. The van der Waals surface area contributed by atoms with Gasteiger partial charge in [0.2, 0.25) is 5.91 Å². The number of aryl methyl sites for hydroxylation is 3. The van der Waals surface area contributed by atoms with Crippen molar-refractivity contribution in [2.45, 2.75) is 33.6 Å². The van der Waals surface area contributed by atoms with Crippen LogP contribution < -0.4 is 5.32 Å². The van der Waals surface area contributed by atoms with E-state index >= 15 is 0 Å². The molecule has 2 N–H and O–H groups in total. The van der Waals surface area contributed by atoms with E-state index in [2.05, 4.69) is 28.5 Å². The third-order valence-corrected chi connectivity index (χ3v) is 4.14. The number of hydrogen-bond donors (Lipinski definition) is 2. The molecule has 2 rings (SSSR count). The Labute approximate surface area is 133 Å². The maximum Gasteiger partial charge on any atom is 0.303 e. The van der Waals surface area contributed by atoms with Gasteiger partial charge in [-0.25, -0.2) is 4.98 Å². The lowest BCUT2D eigenvalue weighted by Gasteiger charge is -2.05. The van der Waals surface area contributed by atoms with Crippen LogP contribution in [0.5, 0.6) is 0 Å². The number of aromatic nitrogens is 1. The molecule has 0 atom stereocenters. The number of carbonyl (C=O) groups is 2. The number of hydrogen-bond acceptors (Lipinski definition) is 4. The van der Waals surface area contributed by atoms with Crippen LogP contribution in [-0.2, 0) is 9.59 Å². The molecular weight excluding hydrogens is 300 g/mol. The van der Waals surface area contributed by atoms with Crippen molar-refractivity contribution in [1.82, 2.24) is 4.98 Å². The maximum absolute atomic E-state index is 11.7. The molecule has 1 heterocycles. The fourth-order valence-electron chi connectivity index (χ4n) is 2.09. The Balaban J connectivity index is 2.19. The molecule has 0 aliphatic carbocycles. The summed E-state index contributed by atoms with van der Waals surface area (Å²) in [4.78, 5) is 27.7. The smallest absolute Gasteiger partial charge is 0.303 e. The number of carbonyl (C=O) groups excluding carboxylic acids is 1. The van der Waals surface area contributed by atoms with E-state index in [1.165, 1.54) is 11.3 Å². The number of carboxylic acid groups (broad SMARTS) is 1. The van der Waals surface area contributed by atoms with Crippen LogP contribution in [0.25, 0.3) is 11.3 Å². The number of aliphatic carboxylic acids is 1. The van der Waals surface area contributed by atoms with Gasteiger partial charge in [0.1, 0.15) is 0 Å². The average Bonchev–Trinajstić information content (AvgIpc) is 2.80. The largest absolute Gasteiger partial charge is 0.481 e. The van der Waals surface area contributed by atoms with E-state index in [9.17, 15) is 9.59 Å². The van der Waals surface area contributed by atoms with Crippen LogP contribution in [0.3, 0.4) is 0 Å². The first-order valence-electron chi connectivity index (χ1n) is 6.93. The molecule has 0 spiro atoms. The Bertz CT molecular complexity index is 722. The molecule has 1 aromatic heterocycles. The van der Waals surface area contributed by atoms with Gasteiger partial charge in [-0.2, -0.15) is 0 Å². The van der Waals surface area contributed by atoms with Crippen molar-refractivity contribution in [2.75, 3.05) is 5.32 Å². The highest BCUT2D eigenvalue weighted by Gasteiger charge is 2.14. The SMILES string of the molecule is Cc1ccc(C)c(-c2nc(NC(=O)CCC(=O)O)sc2C)c1. The van der Waals surface area contributed by atoms with Crippen LogP contribution in [0.2, 0.25) is 0 Å². The second-order valence-electron chi connectivity index (χ2n) is 5.18. The van der Waals surface area contributed by atoms with Gasteiger partial charge in [-0.05, 0) is 32.4 Å². The Hall–Kier alpha value is -2.21. The molecule has 116 valence electrons. The van der Waals surface area contributed by atoms with Crippen LogP contribution in [0, 0.1) is 20.8 Å². The number of thiazole rings is 1. The Morgan fingerprint density at radius 1 is 1.23 bits per heavy atom. The van der Waals surface area contributed by atoms with Crippen molar-refractivity contribution < 1.29 is 14.7 Å². The minimum Gasteiger partial charge on any atom is -0.481 e. The number of benzene rings is 1. The van der Waals surface area contributed by atoms with Gasteiger partial charge in [0.25, 0.3) is 0 Å². The second-order valence-corrected chi connectivity index (χ2v) is 6.39. The third-order valence-electron chi connectivity index (χ3n) is 3.26. The van der Waals surface area contributed by atoms with E-state index in [1.54, 1.807) is 0 Å². The Kier molecular flexibility index (Phi) is 4.92. The molecule has 0 radical (unpaired) electrons. The number of rotatable bonds is 5. The highest BCUT2D eigenvalue weighted by molar-refractivity contribution is 7.16. The van der Waals surface area contributed by atoms with Crippen molar-refractivity contribution in [3.63, 3.8) is 0 Å². The van der Waals surface area contributed by atoms with Gasteiger partial charge in [-0.3, -0.25) is 9.59 Å². The molecule has 0 saturated carbocycles. The van der Waals surface area contributed by atoms with Crippen LogP contribution in [0.4, 0.5) is 5.13 Å². The first-order valence-corrected chi connectivity index (χ1v) is 7.75. The zero-order valence-corrected chi connectivity index (χ0v) is 13.6. The zero-order valence-electron chi connectivity index (χ0n) is 12.8. The summed E-state index contributed by atoms with van der Waals surface area (Å²) in [5, 5.41) is 11.8. The summed E-state index contributed by atoms with van der Waals surface area (Å²) in [6.45, 7) is 6.01. The van der Waals surface area contributed by atoms with Gasteiger partial charge < -0.3 is 10.4 Å². The van der Waals surface area contributed by atoms with Crippen LogP contribution in [-0.4, -0.2) is 22.0 Å². The molecule has 1 aromatic carbocycles. The van der Waals surface area contributed by atoms with Gasteiger partial charge in [0.05, 0.1) is 12.1 Å². The van der Waals surface area contributed by atoms with Crippen LogP contribution in [0.1, 0.15) is 28.8 Å². The van der Waals surface area contributed by atoms with Gasteiger partial charge in [0.15, 0.2) is 5.13 Å². The van der Waals surface area contributed by atoms with E-state index in [0.717, 1.165) is 27.3 Å². The highest BCUT2D eigenvalue weighted by atomic mass is 32.1. The van der Waals surface area contributed by atoms with Crippen molar-refractivity contribution >= 4 is 28.3 Å². The molecule has 0 aliphatic heterocycles. The van der Waals surface area contributed by atoms with E-state index in [0.29, 0.717) is 5.13 Å². The number of nitrogens with one attached hydrogen (secondary N) is 1. The molecule has 22 heavy (non-hydrogen) atoms. The molecule has 0 saturated heterocycles. The fourth-order valence-corrected chi connectivity index (χ4v) is 2.94. The average molecular weight is 318 g/mol. The fraction of sp³-hybridized carbons (Fsp3) is 0.312. The molecule has 0 unspecified atom stereocenters. The summed E-state index contributed by atoms with van der Waals surface area (Å²) in [7, 11) is 0. The molecule has 0 bridgehead atoms. The van der Waals surface area contributed by atoms with Gasteiger partial charge in [0, 0.05) is 16.9 Å². The predicted molar refractivity (Wildman–Crippen MR) is 87.3 cm³/mol. The van der Waals surface area contributed by atoms with Crippen molar-refractivity contribution in [2.24, 2.45) is 0 Å². The summed E-state index contributed by atoms with van der Waals surface area (Å²) in [6, 6.07) is 6.18. The summed E-state index contributed by atoms with van der Waals surface area (Å²) in [6.07, 6.45) is -0.229. The molecule has 6 heteroatoms. The lowest BCUT2D eigenvalue weighted by Crippen LogP contribution is -2.12. The number of amides is 1. The third kappa shape index (κ3) is 3.92. The minimum atomic E-state index is -0.985. The van der Waals surface area contributed by atoms with E-state index < -0.39 is 5.97 Å². The van der Waals surface area contributed by atoms with E-state index in [-0.39, 0.29) is 18.7 Å². The van der Waals surface area contributed by atoms with Crippen molar-refractivity contribution in [3.8, 4) is 11.3 Å². The van der Waals surface area contributed by atoms with Gasteiger partial charge >= 0.3 is 5.97 Å². The summed E-state index contributed by atoms with van der Waals surface area (Å²) in [5.41, 5.74) is 4.20. The summed E-state index contributed by atoms with van der Waals surface area (Å²) >= 11 is 1.40. The quantitative estimate of drug-likeness (QED) is 0.883. The molecule has 1 amide bonds. The van der Waals surface area contributed by atoms with Crippen LogP contribution >= 0.6 is 11.3 Å². The summed E-state index contributed by atoms with van der Waals surface area (Å²) < 4.78 is 0. The molecule has 0 fully saturated rings. The van der Waals surface area contributed by atoms with E-state index in [4.69, 9.17) is 5.11 Å². The number of carboxylic acids is 1. The highest BCUT2D eigenvalue weighted by Crippen LogP contribution is 2.32. The Morgan fingerprint density at radius 2 is 1.95 bits per heavy atom. The van der Waals surface area contributed by atoms with Crippen LogP contribution in [0.15, 0.2) is 18.2 Å². The van der Waals surface area contributed by atoms with Crippen molar-refractivity contribution in [1.29, 1.82) is 0 Å². The molecular formula is C16H18N2O3S. The summed E-state index contributed by atoms with van der Waals surface area (Å²) in [5.74, 6) is -1.31. The number of anilines is 1. The molecule has 2 aromatic rings. The predicted octanol–water partition coefficient (Wildman–Crippen LogP) is 3.54. The normalized spacial score (nSPS) is 10.5. The molecule has 0 aliphatic rings.